The number of nitrogens with zero attached hydrogens (tertiary/aromatic N) is 1. The van der Waals surface area contributed by atoms with Gasteiger partial charge in [0.1, 0.15) is 11.8 Å². The molecule has 41 heavy (non-hydrogen) atoms. The first-order chi connectivity index (χ1) is 19.3. The van der Waals surface area contributed by atoms with Crippen LogP contribution >= 0.6 is 0 Å². The molecule has 0 radical (unpaired) electrons. The fourth-order valence-electron chi connectivity index (χ4n) is 6.75. The van der Waals surface area contributed by atoms with Gasteiger partial charge >= 0.3 is 17.9 Å². The third-order valence-electron chi connectivity index (χ3n) is 8.92. The molecule has 0 unspecified atom stereocenters. The number of carboxylic acids is 1. The van der Waals surface area contributed by atoms with Gasteiger partial charge in [0.15, 0.2) is 23.7 Å². The number of carbonyl (C=O) groups excluding carboxylic acids is 3. The minimum absolute atomic E-state index is 0.0565. The Balaban J connectivity index is 1.29. The molecule has 1 aromatic carbocycles. The Kier molecular flexibility index (Phi) is 7.24. The van der Waals surface area contributed by atoms with E-state index in [4.69, 9.17) is 25.1 Å². The lowest BCUT2D eigenvalue weighted by molar-refractivity contribution is -0.176. The molecule has 7 atom stereocenters. The molecule has 1 aromatic rings. The number of benzene rings is 1. The molecule has 1 fully saturated rings. The summed E-state index contributed by atoms with van der Waals surface area (Å²) >= 11 is 0. The van der Waals surface area contributed by atoms with Crippen molar-refractivity contribution >= 4 is 23.8 Å². The zero-order chi connectivity index (χ0) is 29.9. The van der Waals surface area contributed by atoms with Crippen LogP contribution in [0.4, 0.5) is 0 Å². The maximum Gasteiger partial charge on any atom is 0.352 e. The third-order valence-corrected chi connectivity index (χ3v) is 8.92. The number of hydrogen-bond donors (Lipinski definition) is 5. The van der Waals surface area contributed by atoms with Gasteiger partial charge in [0.25, 0.3) is 0 Å². The van der Waals surface area contributed by atoms with Crippen molar-refractivity contribution in [3.63, 3.8) is 0 Å². The summed E-state index contributed by atoms with van der Waals surface area (Å²) in [7, 11) is 1.97. The van der Waals surface area contributed by atoms with Gasteiger partial charge in [-0.15, -0.1) is 0 Å². The smallest absolute Gasteiger partial charge is 0.352 e. The van der Waals surface area contributed by atoms with Gasteiger partial charge in [0, 0.05) is 24.4 Å². The van der Waals surface area contributed by atoms with E-state index >= 15 is 0 Å². The van der Waals surface area contributed by atoms with Crippen LogP contribution < -0.4 is 15.8 Å². The van der Waals surface area contributed by atoms with Gasteiger partial charge < -0.3 is 45.5 Å². The van der Waals surface area contributed by atoms with Crippen molar-refractivity contribution in [1.82, 2.24) is 10.2 Å². The first-order valence-corrected chi connectivity index (χ1v) is 13.6. The van der Waals surface area contributed by atoms with E-state index in [9.17, 15) is 29.4 Å². The van der Waals surface area contributed by atoms with E-state index in [1.54, 1.807) is 12.1 Å². The largest absolute Gasteiger partial charge is 0.504 e. The molecule has 1 saturated heterocycles. The first kappa shape index (κ1) is 28.8. The number of ether oxygens (including phenoxy) is 3. The number of aliphatic carboxylic acids is 1. The van der Waals surface area contributed by atoms with Crippen LogP contribution in [0.1, 0.15) is 50.7 Å². The predicted molar refractivity (Wildman–Crippen MR) is 141 cm³/mol. The summed E-state index contributed by atoms with van der Waals surface area (Å²) in [6, 6.07) is 0.918. The summed E-state index contributed by atoms with van der Waals surface area (Å²) < 4.78 is 17.2. The number of esters is 2. The maximum atomic E-state index is 13.1. The van der Waals surface area contributed by atoms with E-state index in [0.717, 1.165) is 11.1 Å². The Labute approximate surface area is 236 Å². The van der Waals surface area contributed by atoms with Crippen LogP contribution in [0.15, 0.2) is 24.0 Å². The molecule has 2 aliphatic carbocycles. The van der Waals surface area contributed by atoms with Gasteiger partial charge in [-0.2, -0.15) is 0 Å². The Hall–Kier alpha value is -3.68. The Morgan fingerprint density at radius 1 is 1.24 bits per heavy atom. The van der Waals surface area contributed by atoms with Gasteiger partial charge in [-0.1, -0.05) is 6.07 Å². The molecule has 2 bridgehead atoms. The molecule has 4 aliphatic rings. The van der Waals surface area contributed by atoms with Crippen molar-refractivity contribution in [3.05, 3.63) is 35.1 Å². The van der Waals surface area contributed by atoms with E-state index < -0.39 is 59.1 Å². The number of phenolic OH excluding ortho intramolecular Hbond substituents is 1. The number of likely N-dealkylation sites (N-methyl/N-ethyl adjacent to an activating group) is 1. The summed E-state index contributed by atoms with van der Waals surface area (Å²) in [5.74, 6) is -3.23. The van der Waals surface area contributed by atoms with Crippen LogP contribution in [-0.4, -0.2) is 93.6 Å². The first-order valence-electron chi connectivity index (χ1n) is 13.6. The van der Waals surface area contributed by atoms with E-state index in [1.165, 1.54) is 13.8 Å². The molecule has 13 heteroatoms. The third kappa shape index (κ3) is 4.52. The lowest BCUT2D eigenvalue weighted by Gasteiger charge is -2.61. The summed E-state index contributed by atoms with van der Waals surface area (Å²) in [4.78, 5) is 50.6. The molecule has 6 N–H and O–H groups in total. The van der Waals surface area contributed by atoms with Gasteiger partial charge in [-0.3, -0.25) is 9.59 Å². The highest BCUT2D eigenvalue weighted by Gasteiger charge is 2.72. The number of likely N-dealkylation sites (tertiary alicyclic amines) is 1. The number of aromatic hydroxyl groups is 1. The average molecular weight is 574 g/mol. The number of carboxylic acid groups (broad SMARTS) is 1. The van der Waals surface area contributed by atoms with Crippen LogP contribution in [0.2, 0.25) is 0 Å². The lowest BCUT2D eigenvalue weighted by Crippen LogP contribution is -2.74. The summed E-state index contributed by atoms with van der Waals surface area (Å²) in [5, 5.41) is 33.9. The summed E-state index contributed by atoms with van der Waals surface area (Å²) in [6.45, 7) is 3.34. The molecule has 1 amide bonds. The van der Waals surface area contributed by atoms with Crippen LogP contribution in [0.5, 0.6) is 11.5 Å². The molecule has 0 aromatic heterocycles. The summed E-state index contributed by atoms with van der Waals surface area (Å²) in [6.07, 6.45) is 0.260. The SMILES string of the molecule is C[C@H](NC(=O)[C@@H](N)CCC(=O)O)C(=O)O[C@@H](C)C(=O)OC1=CC[C@@]2(O)[C@@H]3Cc4ccc(O)c5c4[C@@]2(CCN3C)[C@H]1O5. The molecule has 2 heterocycles. The van der Waals surface area contributed by atoms with E-state index in [1.807, 2.05) is 13.1 Å². The lowest BCUT2D eigenvalue weighted by atomic mass is 9.50. The number of rotatable bonds is 9. The fourth-order valence-corrected chi connectivity index (χ4v) is 6.75. The zero-order valence-corrected chi connectivity index (χ0v) is 23.1. The van der Waals surface area contributed by atoms with Crippen molar-refractivity contribution in [1.29, 1.82) is 0 Å². The molecular formula is C28H35N3O10. The number of amides is 1. The number of nitrogens with one attached hydrogen (secondary N) is 1. The van der Waals surface area contributed by atoms with Gasteiger partial charge in [0.05, 0.1) is 17.1 Å². The Bertz CT molecular complexity index is 1330. The van der Waals surface area contributed by atoms with Crippen molar-refractivity contribution in [3.8, 4) is 11.5 Å². The van der Waals surface area contributed by atoms with Crippen molar-refractivity contribution < 1.29 is 48.7 Å². The van der Waals surface area contributed by atoms with E-state index in [2.05, 4.69) is 10.2 Å². The minimum Gasteiger partial charge on any atom is -0.504 e. The Morgan fingerprint density at radius 3 is 2.68 bits per heavy atom. The number of piperidine rings is 1. The van der Waals surface area contributed by atoms with E-state index in [0.29, 0.717) is 19.4 Å². The Morgan fingerprint density at radius 2 is 1.98 bits per heavy atom. The van der Waals surface area contributed by atoms with Crippen LogP contribution in [-0.2, 0) is 40.5 Å². The van der Waals surface area contributed by atoms with Crippen molar-refractivity contribution in [2.24, 2.45) is 5.73 Å². The normalized spacial score (nSPS) is 29.6. The second-order valence-electron chi connectivity index (χ2n) is 11.4. The fraction of sp³-hybridized carbons (Fsp3) is 0.571. The van der Waals surface area contributed by atoms with Gasteiger partial charge in [-0.25, -0.2) is 9.59 Å². The highest BCUT2D eigenvalue weighted by atomic mass is 16.6. The average Bonchev–Trinajstić information content (AvgIpc) is 3.28. The number of carbonyl (C=O) groups is 4. The van der Waals surface area contributed by atoms with Crippen molar-refractivity contribution in [2.75, 3.05) is 13.6 Å². The number of hydrogen-bond acceptors (Lipinski definition) is 11. The zero-order valence-electron chi connectivity index (χ0n) is 23.1. The second-order valence-corrected chi connectivity index (χ2v) is 11.4. The van der Waals surface area contributed by atoms with Crippen LogP contribution in [0.3, 0.4) is 0 Å². The standard InChI is InChI=1S/C28H35N3O10/c1-13(30-24(35)16(29)5-7-20(33)34)25(36)39-14(2)26(37)40-18-8-9-28(38)19-12-15-4-6-17(32)22-21(15)27(28,23(18)41-22)10-11-31(19)3/h4,6,8,13-14,16,19,23,32,38H,5,7,9-12,29H2,1-3H3,(H,30,35)(H,33,34)/t13-,14-,16-,19-,23-,27-,28+/m0/s1. The monoisotopic (exact) mass is 573 g/mol. The second kappa shape index (κ2) is 10.3. The van der Waals surface area contributed by atoms with Crippen LogP contribution in [0, 0.1) is 0 Å². The molecule has 2 aliphatic heterocycles. The maximum absolute atomic E-state index is 13.1. The molecule has 1 spiro atoms. The molecule has 13 nitrogen and oxygen atoms in total. The summed E-state index contributed by atoms with van der Waals surface area (Å²) in [5.41, 5.74) is 5.23. The number of nitrogens with two attached hydrogens (primary N) is 1. The highest BCUT2D eigenvalue weighted by Crippen LogP contribution is 2.65. The molecule has 5 rings (SSSR count). The van der Waals surface area contributed by atoms with Crippen LogP contribution in [0.25, 0.3) is 0 Å². The van der Waals surface area contributed by atoms with E-state index in [-0.39, 0.29) is 42.6 Å². The topological polar surface area (TPSA) is 198 Å². The molecule has 222 valence electrons. The predicted octanol–water partition coefficient (Wildman–Crippen LogP) is -0.158. The number of phenols is 1. The highest BCUT2D eigenvalue weighted by molar-refractivity contribution is 5.88. The van der Waals surface area contributed by atoms with Crippen molar-refractivity contribution in [2.45, 2.75) is 87.3 Å². The quantitative estimate of drug-likeness (QED) is 0.245. The van der Waals surface area contributed by atoms with Gasteiger partial charge in [-0.05, 0) is 64.4 Å². The molecular weight excluding hydrogens is 538 g/mol. The molecule has 0 saturated carbocycles. The van der Waals surface area contributed by atoms with Gasteiger partial charge in [0.2, 0.25) is 5.91 Å². The number of aliphatic hydroxyl groups is 1. The minimum atomic E-state index is -1.36.